The number of nitrogens with zero attached hydrogens (tertiary/aromatic N) is 3. The standard InChI is InChI=1S/C12H9BrClN3O3/c1-7-15-11(13)12(17(19)20)16(7)6-10(18)8-4-2-3-5-9(8)14/h2-5H,6H2,1H3. The van der Waals surface area contributed by atoms with Gasteiger partial charge < -0.3 is 10.1 Å². The fourth-order valence-electron chi connectivity index (χ4n) is 1.80. The second-order valence-electron chi connectivity index (χ2n) is 4.02. The van der Waals surface area contributed by atoms with E-state index in [1.54, 1.807) is 31.2 Å². The predicted molar refractivity (Wildman–Crippen MR) is 77.1 cm³/mol. The number of hydrogen-bond acceptors (Lipinski definition) is 4. The number of carbonyl (C=O) groups excluding carboxylic acids is 1. The molecule has 0 bridgehead atoms. The van der Waals surface area contributed by atoms with Gasteiger partial charge in [0.1, 0.15) is 0 Å². The summed E-state index contributed by atoms with van der Waals surface area (Å²) in [6.45, 7) is 1.40. The average molecular weight is 359 g/mol. The molecule has 0 unspecified atom stereocenters. The maximum atomic E-state index is 12.2. The Morgan fingerprint density at radius 2 is 2.15 bits per heavy atom. The number of Topliss-reactive ketones (excluding diaryl/α,β-unsaturated/α-hetero) is 1. The van der Waals surface area contributed by atoms with E-state index in [9.17, 15) is 14.9 Å². The Bertz CT molecular complexity index is 699. The second kappa shape index (κ2) is 5.72. The molecule has 0 aliphatic rings. The molecule has 0 N–H and O–H groups in total. The molecule has 0 aliphatic heterocycles. The van der Waals surface area contributed by atoms with Crippen LogP contribution in [0.2, 0.25) is 5.02 Å². The Morgan fingerprint density at radius 1 is 1.50 bits per heavy atom. The van der Waals surface area contributed by atoms with Crippen molar-refractivity contribution >= 4 is 39.1 Å². The molecule has 6 nitrogen and oxygen atoms in total. The number of halogens is 2. The van der Waals surface area contributed by atoms with Crippen molar-refractivity contribution in [1.82, 2.24) is 9.55 Å². The van der Waals surface area contributed by atoms with Gasteiger partial charge in [-0.05, 0) is 33.0 Å². The van der Waals surface area contributed by atoms with Crippen molar-refractivity contribution in [3.8, 4) is 0 Å². The molecule has 0 saturated carbocycles. The highest BCUT2D eigenvalue weighted by molar-refractivity contribution is 9.10. The van der Waals surface area contributed by atoms with Crippen LogP contribution in [0.1, 0.15) is 16.2 Å². The van der Waals surface area contributed by atoms with E-state index in [1.165, 1.54) is 4.57 Å². The quantitative estimate of drug-likeness (QED) is 0.477. The summed E-state index contributed by atoms with van der Waals surface area (Å²) in [6.07, 6.45) is 0. The first kappa shape index (κ1) is 14.7. The van der Waals surface area contributed by atoms with Gasteiger partial charge in [-0.3, -0.25) is 4.79 Å². The van der Waals surface area contributed by atoms with Crippen molar-refractivity contribution in [2.45, 2.75) is 13.5 Å². The van der Waals surface area contributed by atoms with Gasteiger partial charge in [0.05, 0.1) is 5.02 Å². The van der Waals surface area contributed by atoms with Gasteiger partial charge >= 0.3 is 5.82 Å². The molecule has 0 aliphatic carbocycles. The van der Waals surface area contributed by atoms with Gasteiger partial charge in [-0.1, -0.05) is 23.7 Å². The van der Waals surface area contributed by atoms with Crippen molar-refractivity contribution in [2.75, 3.05) is 0 Å². The Morgan fingerprint density at radius 3 is 2.75 bits per heavy atom. The normalized spacial score (nSPS) is 10.6. The van der Waals surface area contributed by atoms with E-state index in [-0.39, 0.29) is 22.7 Å². The monoisotopic (exact) mass is 357 g/mol. The molecule has 0 radical (unpaired) electrons. The molecule has 0 atom stereocenters. The topological polar surface area (TPSA) is 78.0 Å². The number of aryl methyl sites for hydroxylation is 1. The van der Waals surface area contributed by atoms with Crippen LogP contribution in [0.3, 0.4) is 0 Å². The molecule has 1 aromatic carbocycles. The number of hydrogen-bond donors (Lipinski definition) is 0. The minimum Gasteiger partial charge on any atom is -0.358 e. The van der Waals surface area contributed by atoms with Crippen LogP contribution in [0.15, 0.2) is 28.9 Å². The predicted octanol–water partition coefficient (Wildman–Crippen LogP) is 3.40. The molecule has 0 fully saturated rings. The van der Waals surface area contributed by atoms with Crippen molar-refractivity contribution < 1.29 is 9.72 Å². The highest BCUT2D eigenvalue weighted by Crippen LogP contribution is 2.26. The second-order valence-corrected chi connectivity index (χ2v) is 5.18. The van der Waals surface area contributed by atoms with Crippen molar-refractivity contribution in [1.29, 1.82) is 0 Å². The highest BCUT2D eigenvalue weighted by Gasteiger charge is 2.26. The fourth-order valence-corrected chi connectivity index (χ4v) is 2.65. The highest BCUT2D eigenvalue weighted by atomic mass is 79.9. The van der Waals surface area contributed by atoms with E-state index in [1.807, 2.05) is 0 Å². The van der Waals surface area contributed by atoms with Crippen LogP contribution in [-0.2, 0) is 6.54 Å². The number of benzene rings is 1. The zero-order valence-electron chi connectivity index (χ0n) is 10.3. The fraction of sp³-hybridized carbons (Fsp3) is 0.167. The zero-order valence-corrected chi connectivity index (χ0v) is 12.7. The lowest BCUT2D eigenvalue weighted by atomic mass is 10.1. The van der Waals surface area contributed by atoms with Gasteiger partial charge in [0, 0.05) is 12.5 Å². The number of ketones is 1. The Hall–Kier alpha value is -1.73. The van der Waals surface area contributed by atoms with Gasteiger partial charge in [-0.2, -0.15) is 4.98 Å². The minimum atomic E-state index is -0.579. The Balaban J connectivity index is 2.38. The first-order chi connectivity index (χ1) is 9.41. The van der Waals surface area contributed by atoms with Crippen LogP contribution < -0.4 is 0 Å². The Labute approximate surface area is 127 Å². The Kier molecular flexibility index (Phi) is 4.20. The summed E-state index contributed by atoms with van der Waals surface area (Å²) in [6, 6.07) is 6.57. The smallest absolute Gasteiger partial charge is 0.357 e. The molecule has 1 aromatic heterocycles. The van der Waals surface area contributed by atoms with Gasteiger partial charge in [0.15, 0.2) is 12.4 Å². The van der Waals surface area contributed by atoms with Crippen molar-refractivity contribution in [3.63, 3.8) is 0 Å². The first-order valence-corrected chi connectivity index (χ1v) is 6.73. The van der Waals surface area contributed by atoms with Crippen LogP contribution in [0.4, 0.5) is 5.82 Å². The van der Waals surface area contributed by atoms with Gasteiger partial charge in [-0.15, -0.1) is 0 Å². The van der Waals surface area contributed by atoms with Crippen molar-refractivity contribution in [3.05, 3.63) is 55.4 Å². The lowest BCUT2D eigenvalue weighted by Gasteiger charge is -2.04. The van der Waals surface area contributed by atoms with E-state index < -0.39 is 4.92 Å². The molecule has 0 amide bonds. The largest absolute Gasteiger partial charge is 0.358 e. The van der Waals surface area contributed by atoms with Crippen LogP contribution >= 0.6 is 27.5 Å². The molecule has 104 valence electrons. The number of rotatable bonds is 4. The number of aromatic nitrogens is 2. The minimum absolute atomic E-state index is 0.104. The number of imidazole rings is 1. The van der Waals surface area contributed by atoms with Gasteiger partial charge in [0.2, 0.25) is 10.4 Å². The maximum Gasteiger partial charge on any atom is 0.357 e. The van der Waals surface area contributed by atoms with E-state index in [0.717, 1.165) is 0 Å². The lowest BCUT2D eigenvalue weighted by Crippen LogP contribution is -2.14. The van der Waals surface area contributed by atoms with Crippen LogP contribution in [-0.4, -0.2) is 20.3 Å². The molecule has 8 heteroatoms. The summed E-state index contributed by atoms with van der Waals surface area (Å²) in [4.78, 5) is 26.6. The third kappa shape index (κ3) is 2.73. The maximum absolute atomic E-state index is 12.2. The molecular formula is C12H9BrClN3O3. The summed E-state index contributed by atoms with van der Waals surface area (Å²) < 4.78 is 1.35. The van der Waals surface area contributed by atoms with Gasteiger partial charge in [-0.25, -0.2) is 4.57 Å². The van der Waals surface area contributed by atoms with Crippen LogP contribution in [0.25, 0.3) is 0 Å². The van der Waals surface area contributed by atoms with Crippen LogP contribution in [0, 0.1) is 17.0 Å². The first-order valence-electron chi connectivity index (χ1n) is 5.56. The molecule has 1 heterocycles. The third-order valence-corrected chi connectivity index (χ3v) is 3.60. The van der Waals surface area contributed by atoms with Gasteiger partial charge in [0.25, 0.3) is 0 Å². The molecule has 0 saturated heterocycles. The summed E-state index contributed by atoms with van der Waals surface area (Å²) in [5, 5.41) is 11.3. The summed E-state index contributed by atoms with van der Waals surface area (Å²) in [5.41, 5.74) is 0.327. The summed E-state index contributed by atoms with van der Waals surface area (Å²) in [5.74, 6) is -0.182. The lowest BCUT2D eigenvalue weighted by molar-refractivity contribution is -0.392. The molecule has 0 spiro atoms. The van der Waals surface area contributed by atoms with E-state index >= 15 is 0 Å². The zero-order chi connectivity index (χ0) is 14.9. The van der Waals surface area contributed by atoms with E-state index in [4.69, 9.17) is 11.6 Å². The van der Waals surface area contributed by atoms with E-state index in [0.29, 0.717) is 16.4 Å². The van der Waals surface area contributed by atoms with Crippen molar-refractivity contribution in [2.24, 2.45) is 0 Å². The molecule has 2 rings (SSSR count). The number of carbonyl (C=O) groups is 1. The third-order valence-electron chi connectivity index (χ3n) is 2.74. The van der Waals surface area contributed by atoms with E-state index in [2.05, 4.69) is 20.9 Å². The molecular weight excluding hydrogens is 350 g/mol. The summed E-state index contributed by atoms with van der Waals surface area (Å²) >= 11 is 8.96. The summed E-state index contributed by atoms with van der Waals surface area (Å²) in [7, 11) is 0. The SMILES string of the molecule is Cc1nc(Br)c([N+](=O)[O-])n1CC(=O)c1ccccc1Cl. The molecule has 20 heavy (non-hydrogen) atoms. The average Bonchev–Trinajstić information content (AvgIpc) is 2.64. The molecule has 2 aromatic rings. The van der Waals surface area contributed by atoms with Crippen LogP contribution in [0.5, 0.6) is 0 Å². The number of nitro groups is 1.